The van der Waals surface area contributed by atoms with Crippen LogP contribution in [0.15, 0.2) is 9.98 Å². The molecule has 0 aromatic carbocycles. The SMILES string of the molecule is CC1=NC=NC2OCOC12. The Kier molecular flexibility index (Phi) is 1.28. The lowest BCUT2D eigenvalue weighted by Gasteiger charge is -2.14. The highest BCUT2D eigenvalue weighted by atomic mass is 16.7. The van der Waals surface area contributed by atoms with E-state index >= 15 is 0 Å². The summed E-state index contributed by atoms with van der Waals surface area (Å²) in [5.41, 5.74) is 0.942. The molecular formula is C6H8N2O2. The summed E-state index contributed by atoms with van der Waals surface area (Å²) >= 11 is 0. The fourth-order valence-electron chi connectivity index (χ4n) is 1.06. The van der Waals surface area contributed by atoms with Crippen molar-refractivity contribution < 1.29 is 9.47 Å². The van der Waals surface area contributed by atoms with Gasteiger partial charge in [-0.3, -0.25) is 0 Å². The maximum absolute atomic E-state index is 5.20. The average Bonchev–Trinajstić information content (AvgIpc) is 2.36. The molecule has 0 aromatic rings. The summed E-state index contributed by atoms with van der Waals surface area (Å²) in [5.74, 6) is 0. The molecule has 0 radical (unpaired) electrons. The first kappa shape index (κ1) is 6.00. The van der Waals surface area contributed by atoms with Crippen LogP contribution in [0.2, 0.25) is 0 Å². The first-order valence-electron chi connectivity index (χ1n) is 3.17. The van der Waals surface area contributed by atoms with Gasteiger partial charge in [-0.2, -0.15) is 0 Å². The van der Waals surface area contributed by atoms with Crippen LogP contribution in [0.4, 0.5) is 0 Å². The van der Waals surface area contributed by atoms with E-state index in [0.717, 1.165) is 5.71 Å². The summed E-state index contributed by atoms with van der Waals surface area (Å²) in [7, 11) is 0. The first-order valence-corrected chi connectivity index (χ1v) is 3.17. The molecule has 2 aliphatic heterocycles. The van der Waals surface area contributed by atoms with Crippen LogP contribution in [-0.2, 0) is 9.47 Å². The molecule has 2 rings (SSSR count). The molecule has 0 spiro atoms. The standard InChI is InChI=1S/C6H8N2O2/c1-4-5-6(8-2-7-4)10-3-9-5/h2,5-6H,3H2,1H3. The topological polar surface area (TPSA) is 43.2 Å². The molecule has 0 bridgehead atoms. The van der Waals surface area contributed by atoms with E-state index in [1.54, 1.807) is 0 Å². The van der Waals surface area contributed by atoms with Crippen molar-refractivity contribution in [2.45, 2.75) is 19.3 Å². The number of aliphatic imine (C=N–C) groups is 2. The van der Waals surface area contributed by atoms with Gasteiger partial charge in [0.15, 0.2) is 13.0 Å². The third-order valence-corrected chi connectivity index (χ3v) is 1.63. The number of hydrogen-bond acceptors (Lipinski definition) is 4. The van der Waals surface area contributed by atoms with E-state index in [4.69, 9.17) is 9.47 Å². The van der Waals surface area contributed by atoms with Crippen LogP contribution in [0, 0.1) is 0 Å². The summed E-state index contributed by atoms with van der Waals surface area (Å²) < 4.78 is 10.3. The molecule has 0 aliphatic carbocycles. The van der Waals surface area contributed by atoms with Crippen molar-refractivity contribution in [2.75, 3.05) is 6.79 Å². The van der Waals surface area contributed by atoms with Gasteiger partial charge in [0, 0.05) is 0 Å². The van der Waals surface area contributed by atoms with E-state index in [1.165, 1.54) is 6.34 Å². The minimum Gasteiger partial charge on any atom is -0.341 e. The van der Waals surface area contributed by atoms with E-state index < -0.39 is 0 Å². The molecule has 10 heavy (non-hydrogen) atoms. The van der Waals surface area contributed by atoms with Crippen molar-refractivity contribution in [1.29, 1.82) is 0 Å². The molecule has 2 heterocycles. The zero-order chi connectivity index (χ0) is 6.97. The minimum absolute atomic E-state index is 0.0370. The molecular weight excluding hydrogens is 132 g/mol. The molecule has 1 fully saturated rings. The molecule has 2 aliphatic rings. The van der Waals surface area contributed by atoms with Gasteiger partial charge in [-0.15, -0.1) is 0 Å². The molecule has 2 unspecified atom stereocenters. The van der Waals surface area contributed by atoms with Gasteiger partial charge in [-0.25, -0.2) is 9.98 Å². The number of ether oxygens (including phenoxy) is 2. The van der Waals surface area contributed by atoms with Crippen molar-refractivity contribution >= 4 is 12.1 Å². The number of rotatable bonds is 0. The van der Waals surface area contributed by atoms with Crippen molar-refractivity contribution in [3.05, 3.63) is 0 Å². The minimum atomic E-state index is -0.141. The van der Waals surface area contributed by atoms with Crippen LogP contribution < -0.4 is 0 Å². The molecule has 0 aromatic heterocycles. The van der Waals surface area contributed by atoms with Crippen LogP contribution in [0.3, 0.4) is 0 Å². The molecule has 54 valence electrons. The van der Waals surface area contributed by atoms with E-state index in [2.05, 4.69) is 9.98 Å². The first-order chi connectivity index (χ1) is 4.88. The second-order valence-electron chi connectivity index (χ2n) is 2.30. The van der Waals surface area contributed by atoms with Crippen molar-refractivity contribution in [1.82, 2.24) is 0 Å². The second kappa shape index (κ2) is 2.14. The Hall–Kier alpha value is -0.740. The quantitative estimate of drug-likeness (QED) is 0.482. The van der Waals surface area contributed by atoms with Crippen LogP contribution in [0.5, 0.6) is 0 Å². The van der Waals surface area contributed by atoms with Crippen molar-refractivity contribution in [3.8, 4) is 0 Å². The Morgan fingerprint density at radius 2 is 2.50 bits per heavy atom. The fourth-order valence-corrected chi connectivity index (χ4v) is 1.06. The van der Waals surface area contributed by atoms with Crippen molar-refractivity contribution in [3.63, 3.8) is 0 Å². The molecule has 0 amide bonds. The van der Waals surface area contributed by atoms with E-state index in [1.807, 2.05) is 6.92 Å². The lowest BCUT2D eigenvalue weighted by Crippen LogP contribution is -2.30. The lowest BCUT2D eigenvalue weighted by molar-refractivity contribution is 0.0464. The second-order valence-corrected chi connectivity index (χ2v) is 2.30. The largest absolute Gasteiger partial charge is 0.341 e. The van der Waals surface area contributed by atoms with Gasteiger partial charge in [0.1, 0.15) is 12.4 Å². The molecule has 2 atom stereocenters. The number of nitrogens with zero attached hydrogens (tertiary/aromatic N) is 2. The fraction of sp³-hybridized carbons (Fsp3) is 0.667. The van der Waals surface area contributed by atoms with Gasteiger partial charge >= 0.3 is 0 Å². The van der Waals surface area contributed by atoms with Crippen LogP contribution in [-0.4, -0.2) is 31.2 Å². The van der Waals surface area contributed by atoms with Gasteiger partial charge in [0.05, 0.1) is 5.71 Å². The van der Waals surface area contributed by atoms with Crippen LogP contribution >= 0.6 is 0 Å². The smallest absolute Gasteiger partial charge is 0.184 e. The highest BCUT2D eigenvalue weighted by molar-refractivity contribution is 5.94. The Labute approximate surface area is 58.6 Å². The summed E-state index contributed by atoms with van der Waals surface area (Å²) in [5, 5.41) is 0. The van der Waals surface area contributed by atoms with E-state index in [0.29, 0.717) is 6.79 Å². The zero-order valence-corrected chi connectivity index (χ0v) is 5.65. The average molecular weight is 140 g/mol. The maximum Gasteiger partial charge on any atom is 0.184 e. The predicted molar refractivity (Wildman–Crippen MR) is 36.2 cm³/mol. The van der Waals surface area contributed by atoms with Crippen LogP contribution in [0.25, 0.3) is 0 Å². The van der Waals surface area contributed by atoms with Crippen LogP contribution in [0.1, 0.15) is 6.92 Å². The predicted octanol–water partition coefficient (Wildman–Crippen LogP) is 0.188. The third-order valence-electron chi connectivity index (χ3n) is 1.63. The highest BCUT2D eigenvalue weighted by Gasteiger charge is 2.32. The van der Waals surface area contributed by atoms with E-state index in [-0.39, 0.29) is 12.3 Å². The summed E-state index contributed by atoms with van der Waals surface area (Å²) in [6, 6.07) is 0. The lowest BCUT2D eigenvalue weighted by atomic mass is 10.2. The Morgan fingerprint density at radius 1 is 1.60 bits per heavy atom. The molecule has 0 N–H and O–H groups in total. The van der Waals surface area contributed by atoms with E-state index in [9.17, 15) is 0 Å². The Balaban J connectivity index is 2.24. The zero-order valence-electron chi connectivity index (χ0n) is 5.65. The number of hydrogen-bond donors (Lipinski definition) is 0. The third kappa shape index (κ3) is 0.767. The van der Waals surface area contributed by atoms with Gasteiger partial charge in [0.25, 0.3) is 0 Å². The Bertz CT molecular complexity index is 200. The van der Waals surface area contributed by atoms with Gasteiger partial charge < -0.3 is 9.47 Å². The monoisotopic (exact) mass is 140 g/mol. The Morgan fingerprint density at radius 3 is 3.30 bits per heavy atom. The summed E-state index contributed by atoms with van der Waals surface area (Å²) in [4.78, 5) is 7.97. The number of fused-ring (bicyclic) bond motifs is 1. The van der Waals surface area contributed by atoms with Gasteiger partial charge in [-0.1, -0.05) is 0 Å². The molecule has 1 saturated heterocycles. The molecule has 4 nitrogen and oxygen atoms in total. The normalized spacial score (nSPS) is 37.5. The summed E-state index contributed by atoms with van der Waals surface area (Å²) in [6.45, 7) is 2.25. The van der Waals surface area contributed by atoms with Gasteiger partial charge in [0.2, 0.25) is 0 Å². The molecule has 0 saturated carbocycles. The highest BCUT2D eigenvalue weighted by Crippen LogP contribution is 2.17. The van der Waals surface area contributed by atoms with Crippen molar-refractivity contribution in [2.24, 2.45) is 9.98 Å². The molecule has 4 heteroatoms. The maximum atomic E-state index is 5.20. The summed E-state index contributed by atoms with van der Waals surface area (Å²) in [6.07, 6.45) is 1.34. The van der Waals surface area contributed by atoms with Gasteiger partial charge in [-0.05, 0) is 6.92 Å².